The van der Waals surface area contributed by atoms with E-state index in [0.29, 0.717) is 6.54 Å². The van der Waals surface area contributed by atoms with E-state index in [1.54, 1.807) is 13.8 Å². The summed E-state index contributed by atoms with van der Waals surface area (Å²) in [5.74, 6) is -0.552. The number of hydrogen-bond donors (Lipinski definition) is 2. The SMILES string of the molecule is CCNC(C)(C)C(=O)NC(C(=O)OC)C(C)CC. The Hall–Kier alpha value is -1.10. The van der Waals surface area contributed by atoms with Crippen LogP contribution in [0.4, 0.5) is 0 Å². The summed E-state index contributed by atoms with van der Waals surface area (Å²) in [5.41, 5.74) is -0.700. The fourth-order valence-electron chi connectivity index (χ4n) is 1.64. The number of methoxy groups -OCH3 is 1. The number of likely N-dealkylation sites (N-methyl/N-ethyl adjacent to an activating group) is 1. The van der Waals surface area contributed by atoms with Gasteiger partial charge >= 0.3 is 5.97 Å². The van der Waals surface area contributed by atoms with Crippen LogP contribution in [0.2, 0.25) is 0 Å². The summed E-state index contributed by atoms with van der Waals surface area (Å²) in [7, 11) is 1.33. The zero-order valence-electron chi connectivity index (χ0n) is 12.3. The number of rotatable bonds is 7. The van der Waals surface area contributed by atoms with Crippen LogP contribution in [-0.4, -0.2) is 37.1 Å². The molecule has 0 spiro atoms. The summed E-state index contributed by atoms with van der Waals surface area (Å²) in [6, 6.07) is -0.592. The molecular weight excluding hydrogens is 232 g/mol. The van der Waals surface area contributed by atoms with Gasteiger partial charge < -0.3 is 15.4 Å². The van der Waals surface area contributed by atoms with E-state index in [4.69, 9.17) is 4.74 Å². The van der Waals surface area contributed by atoms with Gasteiger partial charge in [0.1, 0.15) is 6.04 Å². The van der Waals surface area contributed by atoms with Gasteiger partial charge in [0, 0.05) is 0 Å². The maximum atomic E-state index is 12.1. The van der Waals surface area contributed by atoms with Crippen molar-refractivity contribution in [2.45, 2.75) is 52.6 Å². The highest BCUT2D eigenvalue weighted by molar-refractivity contribution is 5.90. The van der Waals surface area contributed by atoms with Gasteiger partial charge in [-0.05, 0) is 26.3 Å². The molecule has 2 atom stereocenters. The predicted molar refractivity (Wildman–Crippen MR) is 71.2 cm³/mol. The van der Waals surface area contributed by atoms with Crippen LogP contribution >= 0.6 is 0 Å². The van der Waals surface area contributed by atoms with E-state index in [1.807, 2.05) is 20.8 Å². The second-order valence-electron chi connectivity index (χ2n) is 5.02. The Labute approximate surface area is 110 Å². The molecule has 0 aromatic heterocycles. The Balaban J connectivity index is 4.78. The molecule has 0 heterocycles. The molecule has 106 valence electrons. The number of nitrogens with one attached hydrogen (secondary N) is 2. The molecule has 0 radical (unpaired) electrons. The minimum atomic E-state index is -0.700. The van der Waals surface area contributed by atoms with Crippen molar-refractivity contribution in [2.75, 3.05) is 13.7 Å². The summed E-state index contributed by atoms with van der Waals surface area (Å²) >= 11 is 0. The first-order chi connectivity index (χ1) is 8.30. The van der Waals surface area contributed by atoms with Crippen molar-refractivity contribution in [3.05, 3.63) is 0 Å². The van der Waals surface area contributed by atoms with Crippen molar-refractivity contribution in [3.8, 4) is 0 Å². The molecule has 0 aromatic carbocycles. The molecule has 2 unspecified atom stereocenters. The molecule has 0 rings (SSSR count). The number of hydrogen-bond acceptors (Lipinski definition) is 4. The van der Waals surface area contributed by atoms with Crippen molar-refractivity contribution in [1.82, 2.24) is 10.6 Å². The van der Waals surface area contributed by atoms with Crippen LogP contribution in [0.1, 0.15) is 41.0 Å². The van der Waals surface area contributed by atoms with Crippen molar-refractivity contribution in [1.29, 1.82) is 0 Å². The Bertz CT molecular complexity index is 290. The lowest BCUT2D eigenvalue weighted by atomic mass is 9.97. The molecule has 0 saturated carbocycles. The third kappa shape index (κ3) is 4.64. The number of ether oxygens (including phenoxy) is 1. The average Bonchev–Trinajstić information content (AvgIpc) is 2.33. The number of amides is 1. The lowest BCUT2D eigenvalue weighted by molar-refractivity contribution is -0.147. The van der Waals surface area contributed by atoms with E-state index in [2.05, 4.69) is 10.6 Å². The van der Waals surface area contributed by atoms with Crippen LogP contribution in [0.25, 0.3) is 0 Å². The Kier molecular flexibility index (Phi) is 6.91. The first kappa shape index (κ1) is 16.9. The molecule has 5 heteroatoms. The third-order valence-electron chi connectivity index (χ3n) is 3.14. The molecule has 0 fully saturated rings. The van der Waals surface area contributed by atoms with Crippen molar-refractivity contribution in [2.24, 2.45) is 5.92 Å². The topological polar surface area (TPSA) is 67.4 Å². The zero-order chi connectivity index (χ0) is 14.3. The quantitative estimate of drug-likeness (QED) is 0.671. The van der Waals surface area contributed by atoms with Gasteiger partial charge in [0.25, 0.3) is 0 Å². The van der Waals surface area contributed by atoms with Gasteiger partial charge in [-0.15, -0.1) is 0 Å². The van der Waals surface area contributed by atoms with Crippen LogP contribution in [0.3, 0.4) is 0 Å². The van der Waals surface area contributed by atoms with Crippen molar-refractivity contribution in [3.63, 3.8) is 0 Å². The van der Waals surface area contributed by atoms with Gasteiger partial charge in [-0.2, -0.15) is 0 Å². The van der Waals surface area contributed by atoms with Gasteiger partial charge in [0.2, 0.25) is 5.91 Å². The fourth-order valence-corrected chi connectivity index (χ4v) is 1.64. The van der Waals surface area contributed by atoms with E-state index in [9.17, 15) is 9.59 Å². The van der Waals surface area contributed by atoms with Crippen LogP contribution < -0.4 is 10.6 Å². The minimum absolute atomic E-state index is 0.0406. The van der Waals surface area contributed by atoms with E-state index in [1.165, 1.54) is 7.11 Å². The number of carbonyl (C=O) groups excluding carboxylic acids is 2. The standard InChI is InChI=1S/C13H26N2O3/c1-7-9(3)10(11(16)18-6)15-12(17)13(4,5)14-8-2/h9-10,14H,7-8H2,1-6H3,(H,15,17). The Morgan fingerprint density at radius 1 is 1.28 bits per heavy atom. The number of esters is 1. The average molecular weight is 258 g/mol. The Morgan fingerprint density at radius 2 is 1.83 bits per heavy atom. The molecule has 0 saturated heterocycles. The van der Waals surface area contributed by atoms with E-state index in [0.717, 1.165) is 6.42 Å². The maximum absolute atomic E-state index is 12.1. The van der Waals surface area contributed by atoms with Crippen LogP contribution in [0.5, 0.6) is 0 Å². The molecule has 5 nitrogen and oxygen atoms in total. The van der Waals surface area contributed by atoms with E-state index < -0.39 is 17.6 Å². The van der Waals surface area contributed by atoms with Gasteiger partial charge in [-0.25, -0.2) is 4.79 Å². The smallest absolute Gasteiger partial charge is 0.328 e. The predicted octanol–water partition coefficient (Wildman–Crippen LogP) is 1.08. The molecule has 0 aromatic rings. The summed E-state index contributed by atoms with van der Waals surface area (Å²) in [6.45, 7) is 10.1. The second-order valence-corrected chi connectivity index (χ2v) is 5.02. The lowest BCUT2D eigenvalue weighted by Gasteiger charge is -2.29. The maximum Gasteiger partial charge on any atom is 0.328 e. The number of carbonyl (C=O) groups is 2. The van der Waals surface area contributed by atoms with Crippen LogP contribution in [-0.2, 0) is 14.3 Å². The highest BCUT2D eigenvalue weighted by Gasteiger charge is 2.33. The van der Waals surface area contributed by atoms with Gasteiger partial charge in [-0.1, -0.05) is 27.2 Å². The second kappa shape index (κ2) is 7.36. The van der Waals surface area contributed by atoms with Gasteiger partial charge in [0.05, 0.1) is 12.6 Å². The zero-order valence-corrected chi connectivity index (χ0v) is 12.3. The molecule has 0 aliphatic heterocycles. The molecule has 2 N–H and O–H groups in total. The highest BCUT2D eigenvalue weighted by atomic mass is 16.5. The first-order valence-electron chi connectivity index (χ1n) is 6.43. The summed E-state index contributed by atoms with van der Waals surface area (Å²) < 4.78 is 4.73. The summed E-state index contributed by atoms with van der Waals surface area (Å²) in [4.78, 5) is 23.8. The fraction of sp³-hybridized carbons (Fsp3) is 0.846. The molecule has 0 aliphatic carbocycles. The Morgan fingerprint density at radius 3 is 2.22 bits per heavy atom. The largest absolute Gasteiger partial charge is 0.467 e. The monoisotopic (exact) mass is 258 g/mol. The minimum Gasteiger partial charge on any atom is -0.467 e. The van der Waals surface area contributed by atoms with Crippen molar-refractivity contribution < 1.29 is 14.3 Å². The third-order valence-corrected chi connectivity index (χ3v) is 3.14. The lowest BCUT2D eigenvalue weighted by Crippen LogP contribution is -2.57. The van der Waals surface area contributed by atoms with Crippen molar-refractivity contribution >= 4 is 11.9 Å². The van der Waals surface area contributed by atoms with Gasteiger partial charge in [-0.3, -0.25) is 4.79 Å². The van der Waals surface area contributed by atoms with Gasteiger partial charge in [0.15, 0.2) is 0 Å². The highest BCUT2D eigenvalue weighted by Crippen LogP contribution is 2.11. The van der Waals surface area contributed by atoms with E-state index >= 15 is 0 Å². The summed E-state index contributed by atoms with van der Waals surface area (Å²) in [6.07, 6.45) is 0.793. The van der Waals surface area contributed by atoms with Crippen LogP contribution in [0.15, 0.2) is 0 Å². The van der Waals surface area contributed by atoms with E-state index in [-0.39, 0.29) is 11.8 Å². The molecule has 0 aliphatic rings. The molecule has 1 amide bonds. The molecular formula is C13H26N2O3. The summed E-state index contributed by atoms with van der Waals surface area (Å²) in [5, 5.41) is 5.84. The normalized spacial score (nSPS) is 14.8. The molecule has 0 bridgehead atoms. The van der Waals surface area contributed by atoms with Crippen LogP contribution in [0, 0.1) is 5.92 Å². The molecule has 18 heavy (non-hydrogen) atoms. The first-order valence-corrected chi connectivity index (χ1v) is 6.43.